The number of aliphatic carboxylic acids is 1. The fraction of sp³-hybridized carbons (Fsp3) is 0.500. The third-order valence-electron chi connectivity index (χ3n) is 6.41. The first-order valence-electron chi connectivity index (χ1n) is 14.0. The van der Waals surface area contributed by atoms with Crippen molar-refractivity contribution in [2.45, 2.75) is 72.8 Å². The van der Waals surface area contributed by atoms with Gasteiger partial charge in [0, 0.05) is 19.0 Å². The van der Waals surface area contributed by atoms with E-state index in [-0.39, 0.29) is 42.5 Å². The van der Waals surface area contributed by atoms with Gasteiger partial charge in [-0.15, -0.1) is 0 Å². The van der Waals surface area contributed by atoms with E-state index in [1.807, 2.05) is 20.8 Å². The zero-order valence-corrected chi connectivity index (χ0v) is 26.5. The van der Waals surface area contributed by atoms with Gasteiger partial charge < -0.3 is 30.0 Å². The molecule has 0 saturated heterocycles. The Balaban J connectivity index is 1.98. The molecule has 0 fully saturated rings. The van der Waals surface area contributed by atoms with Gasteiger partial charge in [-0.05, 0) is 73.6 Å². The summed E-state index contributed by atoms with van der Waals surface area (Å²) in [6.07, 6.45) is 0.165. The van der Waals surface area contributed by atoms with Gasteiger partial charge in [0.05, 0.1) is 32.0 Å². The van der Waals surface area contributed by atoms with Gasteiger partial charge >= 0.3 is 17.9 Å². The molecular formula is C32H44N2O7S. The Labute approximate surface area is 254 Å². The zero-order valence-electron chi connectivity index (χ0n) is 25.7. The molecule has 0 aliphatic carbocycles. The second-order valence-electron chi connectivity index (χ2n) is 12.3. The van der Waals surface area contributed by atoms with Crippen LogP contribution in [0.4, 0.5) is 0 Å². The van der Waals surface area contributed by atoms with Crippen LogP contribution in [0.3, 0.4) is 0 Å². The molecule has 0 heterocycles. The smallest absolute Gasteiger partial charge is 0.311 e. The van der Waals surface area contributed by atoms with E-state index in [0.717, 1.165) is 11.1 Å². The van der Waals surface area contributed by atoms with Crippen molar-refractivity contribution in [1.82, 2.24) is 10.6 Å². The molecule has 2 rings (SSSR count). The standard InChI is InChI=1S/C32H44N2O7S/c1-31(2,3)24-11-8-21(9-12-24)16-23(20-40-29(38)32(4,5)6)19-34-30(42)33-18-22-10-13-25(26(17-22)39-7)41-28(37)15-14-27(35)36/h8-13,17,23H,14-16,18-20H2,1-7H3,(H,35,36)(H2,33,34,42). The van der Waals surface area contributed by atoms with Gasteiger partial charge in [-0.25, -0.2) is 0 Å². The lowest BCUT2D eigenvalue weighted by Crippen LogP contribution is -2.39. The van der Waals surface area contributed by atoms with Crippen LogP contribution in [0, 0.1) is 11.3 Å². The molecule has 9 nitrogen and oxygen atoms in total. The van der Waals surface area contributed by atoms with Crippen molar-refractivity contribution in [2.24, 2.45) is 11.3 Å². The highest BCUT2D eigenvalue weighted by molar-refractivity contribution is 7.80. The topological polar surface area (TPSA) is 123 Å². The van der Waals surface area contributed by atoms with Crippen LogP contribution < -0.4 is 20.1 Å². The minimum absolute atomic E-state index is 0.00766. The van der Waals surface area contributed by atoms with Crippen LogP contribution in [0.2, 0.25) is 0 Å². The van der Waals surface area contributed by atoms with Crippen molar-refractivity contribution in [3.8, 4) is 11.5 Å². The van der Waals surface area contributed by atoms with Crippen LogP contribution >= 0.6 is 12.2 Å². The predicted octanol–water partition coefficient (Wildman–Crippen LogP) is 5.18. The average Bonchev–Trinajstić information content (AvgIpc) is 2.91. The number of rotatable bonds is 13. The molecule has 2 aromatic rings. The largest absolute Gasteiger partial charge is 0.493 e. The number of esters is 2. The fourth-order valence-electron chi connectivity index (χ4n) is 3.85. The summed E-state index contributed by atoms with van der Waals surface area (Å²) >= 11 is 5.50. The molecule has 0 saturated carbocycles. The van der Waals surface area contributed by atoms with E-state index >= 15 is 0 Å². The Kier molecular flexibility index (Phi) is 12.8. The number of carbonyl (C=O) groups is 3. The number of carboxylic acid groups (broad SMARTS) is 1. The molecule has 0 aliphatic heterocycles. The third kappa shape index (κ3) is 12.1. The minimum Gasteiger partial charge on any atom is -0.493 e. The maximum atomic E-state index is 12.4. The molecule has 0 spiro atoms. The summed E-state index contributed by atoms with van der Waals surface area (Å²) in [6.45, 7) is 13.2. The Bertz CT molecular complexity index is 1230. The quantitative estimate of drug-likeness (QED) is 0.161. The van der Waals surface area contributed by atoms with Crippen molar-refractivity contribution in [1.29, 1.82) is 0 Å². The number of hydrogen-bond donors (Lipinski definition) is 3. The summed E-state index contributed by atoms with van der Waals surface area (Å²) < 4.78 is 16.2. The molecule has 42 heavy (non-hydrogen) atoms. The molecular weight excluding hydrogens is 556 g/mol. The normalized spacial score (nSPS) is 12.2. The summed E-state index contributed by atoms with van der Waals surface area (Å²) in [5.41, 5.74) is 2.71. The number of nitrogens with one attached hydrogen (secondary N) is 2. The maximum Gasteiger partial charge on any atom is 0.311 e. The molecule has 2 aromatic carbocycles. The van der Waals surface area contributed by atoms with E-state index < -0.39 is 17.4 Å². The van der Waals surface area contributed by atoms with Crippen molar-refractivity contribution >= 4 is 35.2 Å². The molecule has 1 atom stereocenters. The Hall–Kier alpha value is -3.66. The highest BCUT2D eigenvalue weighted by Gasteiger charge is 2.24. The fourth-order valence-corrected chi connectivity index (χ4v) is 4.00. The summed E-state index contributed by atoms with van der Waals surface area (Å²) in [7, 11) is 1.45. The van der Waals surface area contributed by atoms with Crippen molar-refractivity contribution in [2.75, 3.05) is 20.3 Å². The summed E-state index contributed by atoms with van der Waals surface area (Å²) in [5.74, 6) is -1.43. The molecule has 0 bridgehead atoms. The third-order valence-corrected chi connectivity index (χ3v) is 6.69. The average molecular weight is 601 g/mol. The first kappa shape index (κ1) is 34.5. The van der Waals surface area contributed by atoms with Gasteiger partial charge in [0.2, 0.25) is 0 Å². The number of benzene rings is 2. The SMILES string of the molecule is COc1cc(CNC(=S)NCC(COC(=O)C(C)(C)C)Cc2ccc(C(C)(C)C)cc2)ccc1OC(=O)CCC(=O)O. The molecule has 10 heteroatoms. The van der Waals surface area contributed by atoms with Crippen LogP contribution in [-0.2, 0) is 37.5 Å². The van der Waals surface area contributed by atoms with Crippen molar-refractivity contribution in [3.63, 3.8) is 0 Å². The summed E-state index contributed by atoms with van der Waals surface area (Å²) in [5, 5.41) is 15.6. The van der Waals surface area contributed by atoms with Crippen molar-refractivity contribution < 1.29 is 33.7 Å². The van der Waals surface area contributed by atoms with Crippen LogP contribution in [0.5, 0.6) is 11.5 Å². The van der Waals surface area contributed by atoms with Gasteiger partial charge in [0.1, 0.15) is 0 Å². The molecule has 0 aromatic heterocycles. The molecule has 0 radical (unpaired) electrons. The highest BCUT2D eigenvalue weighted by Crippen LogP contribution is 2.28. The van der Waals surface area contributed by atoms with Gasteiger partial charge in [0.15, 0.2) is 16.6 Å². The Morgan fingerprint density at radius 2 is 1.55 bits per heavy atom. The van der Waals surface area contributed by atoms with Crippen LogP contribution in [0.15, 0.2) is 42.5 Å². The number of methoxy groups -OCH3 is 1. The number of hydrogen-bond acceptors (Lipinski definition) is 7. The maximum absolute atomic E-state index is 12.4. The van der Waals surface area contributed by atoms with Gasteiger partial charge in [-0.1, -0.05) is 51.1 Å². The van der Waals surface area contributed by atoms with E-state index in [1.165, 1.54) is 12.7 Å². The summed E-state index contributed by atoms with van der Waals surface area (Å²) in [4.78, 5) is 35.0. The molecule has 1 unspecified atom stereocenters. The van der Waals surface area contributed by atoms with Crippen LogP contribution in [0.25, 0.3) is 0 Å². The lowest BCUT2D eigenvalue weighted by molar-refractivity contribution is -0.154. The van der Waals surface area contributed by atoms with Gasteiger partial charge in [0.25, 0.3) is 0 Å². The van der Waals surface area contributed by atoms with E-state index in [4.69, 9.17) is 31.5 Å². The Morgan fingerprint density at radius 3 is 2.12 bits per heavy atom. The first-order valence-corrected chi connectivity index (χ1v) is 14.4. The molecule has 0 amide bonds. The number of carbonyl (C=O) groups excluding carboxylic acids is 2. The van der Waals surface area contributed by atoms with Crippen LogP contribution in [-0.4, -0.2) is 48.4 Å². The number of carboxylic acids is 1. The van der Waals surface area contributed by atoms with Gasteiger partial charge in [-0.3, -0.25) is 14.4 Å². The molecule has 230 valence electrons. The zero-order chi connectivity index (χ0) is 31.5. The highest BCUT2D eigenvalue weighted by atomic mass is 32.1. The van der Waals surface area contributed by atoms with Crippen molar-refractivity contribution in [3.05, 3.63) is 59.2 Å². The van der Waals surface area contributed by atoms with Gasteiger partial charge in [-0.2, -0.15) is 0 Å². The lowest BCUT2D eigenvalue weighted by atomic mass is 9.86. The molecule has 0 aliphatic rings. The number of thiocarbonyl (C=S) groups is 1. The first-order chi connectivity index (χ1) is 19.6. The summed E-state index contributed by atoms with van der Waals surface area (Å²) in [6, 6.07) is 13.6. The second-order valence-corrected chi connectivity index (χ2v) is 12.7. The van der Waals surface area contributed by atoms with E-state index in [1.54, 1.807) is 18.2 Å². The van der Waals surface area contributed by atoms with E-state index in [2.05, 4.69) is 55.7 Å². The monoisotopic (exact) mass is 600 g/mol. The van der Waals surface area contributed by atoms with E-state index in [0.29, 0.717) is 30.4 Å². The molecule has 3 N–H and O–H groups in total. The minimum atomic E-state index is -1.07. The Morgan fingerprint density at radius 1 is 0.905 bits per heavy atom. The van der Waals surface area contributed by atoms with Crippen LogP contribution in [0.1, 0.15) is 71.1 Å². The predicted molar refractivity (Wildman–Crippen MR) is 166 cm³/mol. The van der Waals surface area contributed by atoms with E-state index in [9.17, 15) is 14.4 Å². The lowest BCUT2D eigenvalue weighted by Gasteiger charge is -2.23. The number of ether oxygens (including phenoxy) is 3. The second kappa shape index (κ2) is 15.5.